The van der Waals surface area contributed by atoms with Crippen LogP contribution in [0.5, 0.6) is 23.0 Å². The highest BCUT2D eigenvalue weighted by atomic mass is 31.2. The topological polar surface area (TPSA) is 168 Å². The number of aryl methyl sites for hydroxylation is 1. The lowest BCUT2D eigenvalue weighted by Crippen LogP contribution is -2.26. The molecular weight excluding hydrogens is 367 g/mol. The lowest BCUT2D eigenvalue weighted by molar-refractivity contribution is -0.176. The molecule has 0 aliphatic heterocycles. The van der Waals surface area contributed by atoms with Crippen LogP contribution in [0.25, 0.3) is 0 Å². The van der Waals surface area contributed by atoms with Crippen molar-refractivity contribution in [1.29, 1.82) is 0 Å². The maximum atomic E-state index is 11.1. The molecular formula is C16H19O9P. The van der Waals surface area contributed by atoms with Gasteiger partial charge in [0.2, 0.25) is 0 Å². The number of aliphatic hydroxyl groups is 2. The molecule has 9 nitrogen and oxygen atoms in total. The minimum Gasteiger partial charge on any atom is -0.508 e. The van der Waals surface area contributed by atoms with Crippen LogP contribution in [0.4, 0.5) is 0 Å². The summed E-state index contributed by atoms with van der Waals surface area (Å²) >= 11 is 0. The van der Waals surface area contributed by atoms with Crippen molar-refractivity contribution in [2.75, 3.05) is 0 Å². The summed E-state index contributed by atoms with van der Waals surface area (Å²) < 4.78 is 15.4. The molecule has 2 aromatic carbocycles. The Hall–Kier alpha value is -2.29. The van der Waals surface area contributed by atoms with Gasteiger partial charge in [-0.05, 0) is 30.5 Å². The van der Waals surface area contributed by atoms with Crippen LogP contribution in [0.1, 0.15) is 24.0 Å². The zero-order valence-electron chi connectivity index (χ0n) is 13.5. The van der Waals surface area contributed by atoms with E-state index in [4.69, 9.17) is 9.79 Å². The van der Waals surface area contributed by atoms with Crippen LogP contribution in [-0.2, 0) is 16.8 Å². The maximum absolute atomic E-state index is 11.1. The second-order valence-electron chi connectivity index (χ2n) is 5.76. The number of rotatable bonds is 7. The first kappa shape index (κ1) is 20.0. The van der Waals surface area contributed by atoms with E-state index >= 15 is 0 Å². The molecule has 26 heavy (non-hydrogen) atoms. The Kier molecular flexibility index (Phi) is 5.80. The number of hydrogen-bond donors (Lipinski definition) is 7. The Bertz CT molecular complexity index is 811. The fourth-order valence-corrected chi connectivity index (χ4v) is 2.92. The van der Waals surface area contributed by atoms with E-state index in [0.717, 1.165) is 17.7 Å². The molecule has 10 heteroatoms. The van der Waals surface area contributed by atoms with Gasteiger partial charge in [0, 0.05) is 18.6 Å². The standard InChI is InChI=1S/C16H19O9P/c17-11-5-3-10(4-6-11)2-1-7-16(20,21)15-13(19)8-12(18)9-14(15)25-26(22,23)24/h3-6,8-9,17-21H,1-2,7H2,(H2,22,23,24). The predicted molar refractivity (Wildman–Crippen MR) is 89.6 cm³/mol. The lowest BCUT2D eigenvalue weighted by atomic mass is 9.96. The first-order valence-electron chi connectivity index (χ1n) is 7.52. The van der Waals surface area contributed by atoms with E-state index in [1.54, 1.807) is 12.1 Å². The molecule has 0 amide bonds. The number of phosphoric ester groups is 1. The van der Waals surface area contributed by atoms with Gasteiger partial charge in [-0.25, -0.2) is 4.57 Å². The quantitative estimate of drug-likeness (QED) is 0.275. The number of phenolic OH excluding ortho intramolecular Hbond substituents is 3. The van der Waals surface area contributed by atoms with Crippen molar-refractivity contribution in [3.8, 4) is 23.0 Å². The number of hydrogen-bond acceptors (Lipinski definition) is 7. The van der Waals surface area contributed by atoms with Crippen LogP contribution >= 0.6 is 7.82 Å². The summed E-state index contributed by atoms with van der Waals surface area (Å²) in [5.41, 5.74) is 0.157. The normalized spacial score (nSPS) is 12.2. The number of phenols is 3. The summed E-state index contributed by atoms with van der Waals surface area (Å²) in [7, 11) is -5.07. The summed E-state index contributed by atoms with van der Waals surface area (Å²) in [6.07, 6.45) is 0.341. The molecule has 0 aromatic heterocycles. The molecule has 7 N–H and O–H groups in total. The molecule has 2 aromatic rings. The molecule has 0 spiro atoms. The Morgan fingerprint density at radius 1 is 0.962 bits per heavy atom. The van der Waals surface area contributed by atoms with Gasteiger partial charge < -0.3 is 30.1 Å². The molecule has 0 radical (unpaired) electrons. The molecule has 0 aliphatic rings. The zero-order chi connectivity index (χ0) is 19.5. The van der Waals surface area contributed by atoms with Crippen molar-refractivity contribution in [3.05, 3.63) is 47.5 Å². The van der Waals surface area contributed by atoms with Gasteiger partial charge in [-0.3, -0.25) is 9.79 Å². The van der Waals surface area contributed by atoms with Crippen LogP contribution in [0.2, 0.25) is 0 Å². The highest BCUT2D eigenvalue weighted by Gasteiger charge is 2.35. The molecule has 2 rings (SSSR count). The Morgan fingerprint density at radius 2 is 1.58 bits per heavy atom. The van der Waals surface area contributed by atoms with Gasteiger partial charge in [0.15, 0.2) is 5.79 Å². The van der Waals surface area contributed by atoms with E-state index in [1.807, 2.05) is 0 Å². The van der Waals surface area contributed by atoms with Crippen LogP contribution in [0, 0.1) is 0 Å². The zero-order valence-corrected chi connectivity index (χ0v) is 14.4. The third-order valence-electron chi connectivity index (χ3n) is 3.61. The van der Waals surface area contributed by atoms with Crippen molar-refractivity contribution in [2.45, 2.75) is 25.0 Å². The molecule has 142 valence electrons. The van der Waals surface area contributed by atoms with E-state index in [1.165, 1.54) is 12.1 Å². The molecule has 0 saturated heterocycles. The minimum atomic E-state index is -5.07. The smallest absolute Gasteiger partial charge is 0.508 e. The SMILES string of the molecule is O=P(O)(O)Oc1cc(O)cc(O)c1C(O)(O)CCCc1ccc(O)cc1. The van der Waals surface area contributed by atoms with E-state index in [2.05, 4.69) is 4.52 Å². The Balaban J connectivity index is 2.21. The van der Waals surface area contributed by atoms with Crippen LogP contribution in [0.3, 0.4) is 0 Å². The molecule has 0 fully saturated rings. The highest BCUT2D eigenvalue weighted by molar-refractivity contribution is 7.46. The fourth-order valence-electron chi connectivity index (χ4n) is 2.52. The number of aromatic hydroxyl groups is 3. The van der Waals surface area contributed by atoms with Crippen molar-refractivity contribution in [2.24, 2.45) is 0 Å². The van der Waals surface area contributed by atoms with Crippen molar-refractivity contribution < 1.29 is 44.4 Å². The molecule has 0 aliphatic carbocycles. The third-order valence-corrected chi connectivity index (χ3v) is 4.05. The predicted octanol–water partition coefficient (Wildman–Crippen LogP) is 1.44. The van der Waals surface area contributed by atoms with E-state index < -0.39 is 36.4 Å². The average Bonchev–Trinajstić information content (AvgIpc) is 2.46. The second-order valence-corrected chi connectivity index (χ2v) is 6.92. The largest absolute Gasteiger partial charge is 0.524 e. The summed E-state index contributed by atoms with van der Waals surface area (Å²) in [4.78, 5) is 17.9. The Morgan fingerprint density at radius 3 is 2.15 bits per heavy atom. The van der Waals surface area contributed by atoms with Crippen LogP contribution in [-0.4, -0.2) is 35.3 Å². The van der Waals surface area contributed by atoms with Gasteiger partial charge in [-0.2, -0.15) is 0 Å². The van der Waals surface area contributed by atoms with Gasteiger partial charge in [-0.1, -0.05) is 12.1 Å². The first-order valence-corrected chi connectivity index (χ1v) is 9.05. The maximum Gasteiger partial charge on any atom is 0.524 e. The highest BCUT2D eigenvalue weighted by Crippen LogP contribution is 2.47. The van der Waals surface area contributed by atoms with E-state index in [0.29, 0.717) is 6.42 Å². The molecule has 0 atom stereocenters. The molecule has 0 bridgehead atoms. The monoisotopic (exact) mass is 386 g/mol. The van der Waals surface area contributed by atoms with Crippen molar-refractivity contribution >= 4 is 7.82 Å². The minimum absolute atomic E-state index is 0.0978. The van der Waals surface area contributed by atoms with Crippen LogP contribution in [0.15, 0.2) is 36.4 Å². The molecule has 0 saturated carbocycles. The average molecular weight is 386 g/mol. The van der Waals surface area contributed by atoms with Gasteiger partial charge in [0.1, 0.15) is 23.0 Å². The van der Waals surface area contributed by atoms with Crippen LogP contribution < -0.4 is 4.52 Å². The van der Waals surface area contributed by atoms with E-state index in [9.17, 15) is 30.1 Å². The summed E-state index contributed by atoms with van der Waals surface area (Å²) in [5.74, 6) is -4.68. The number of benzene rings is 2. The molecule has 0 unspecified atom stereocenters. The van der Waals surface area contributed by atoms with Crippen molar-refractivity contribution in [3.63, 3.8) is 0 Å². The summed E-state index contributed by atoms with van der Waals surface area (Å²) in [5, 5.41) is 49.2. The Labute approximate surface area is 148 Å². The van der Waals surface area contributed by atoms with Gasteiger partial charge >= 0.3 is 7.82 Å². The van der Waals surface area contributed by atoms with E-state index in [-0.39, 0.29) is 18.6 Å². The van der Waals surface area contributed by atoms with Gasteiger partial charge in [0.05, 0.1) is 5.56 Å². The van der Waals surface area contributed by atoms with Gasteiger partial charge in [-0.15, -0.1) is 0 Å². The lowest BCUT2D eigenvalue weighted by Gasteiger charge is -2.25. The summed E-state index contributed by atoms with van der Waals surface area (Å²) in [6, 6.07) is 7.84. The molecule has 0 heterocycles. The number of phosphoric acid groups is 1. The first-order chi connectivity index (χ1) is 12.0. The second kappa shape index (κ2) is 7.53. The van der Waals surface area contributed by atoms with Gasteiger partial charge in [0.25, 0.3) is 0 Å². The summed E-state index contributed by atoms with van der Waals surface area (Å²) in [6.45, 7) is 0. The van der Waals surface area contributed by atoms with Crippen molar-refractivity contribution in [1.82, 2.24) is 0 Å². The fraction of sp³-hybridized carbons (Fsp3) is 0.250. The third kappa shape index (κ3) is 5.35.